The fraction of sp³-hybridized carbons (Fsp3) is 0.316. The molecule has 1 aliphatic rings. The molecule has 0 saturated carbocycles. The quantitative estimate of drug-likeness (QED) is 0.794. The maximum atomic E-state index is 13.8. The Balaban J connectivity index is 1.61. The van der Waals surface area contributed by atoms with E-state index in [0.717, 1.165) is 18.7 Å². The zero-order chi connectivity index (χ0) is 18.0. The minimum absolute atomic E-state index is 0.420. The fourth-order valence-corrected chi connectivity index (χ4v) is 2.92. The molecule has 0 aliphatic carbocycles. The minimum Gasteiger partial charge on any atom is -0.336 e. The summed E-state index contributed by atoms with van der Waals surface area (Å²) >= 11 is 0. The smallest absolute Gasteiger partial charge is 0.257 e. The number of hydrogen-bond acceptors (Lipinski definition) is 2. The number of carbonyl (C=O) groups excluding carboxylic acids is 1. The summed E-state index contributed by atoms with van der Waals surface area (Å²) in [6.45, 7) is 4.94. The van der Waals surface area contributed by atoms with E-state index in [0.29, 0.717) is 26.2 Å². The monoisotopic (exact) mass is 348 g/mol. The fourth-order valence-electron chi connectivity index (χ4n) is 2.92. The lowest BCUT2D eigenvalue weighted by molar-refractivity contribution is 0.0622. The number of amides is 1. The Labute approximate surface area is 144 Å². The molecule has 1 heterocycles. The normalized spacial score (nSPS) is 15.4. The molecule has 0 spiro atoms. The van der Waals surface area contributed by atoms with Gasteiger partial charge in [-0.25, -0.2) is 13.2 Å². The second kappa shape index (κ2) is 7.27. The van der Waals surface area contributed by atoms with Crippen molar-refractivity contribution in [3.8, 4) is 0 Å². The summed E-state index contributed by atoms with van der Waals surface area (Å²) < 4.78 is 40.1. The molecular formula is C19H19F3N2O. The highest BCUT2D eigenvalue weighted by molar-refractivity contribution is 5.94. The lowest BCUT2D eigenvalue weighted by atomic mass is 10.1. The second-order valence-corrected chi connectivity index (χ2v) is 6.28. The van der Waals surface area contributed by atoms with Gasteiger partial charge in [0.05, 0.1) is 5.56 Å². The van der Waals surface area contributed by atoms with Gasteiger partial charge in [-0.15, -0.1) is 0 Å². The third-order valence-corrected chi connectivity index (χ3v) is 4.45. The Bertz CT molecular complexity index is 769. The molecule has 3 rings (SSSR count). The number of rotatable bonds is 3. The van der Waals surface area contributed by atoms with Crippen molar-refractivity contribution in [3.63, 3.8) is 0 Å². The first-order valence-electron chi connectivity index (χ1n) is 8.16. The van der Waals surface area contributed by atoms with Gasteiger partial charge in [0.2, 0.25) is 0 Å². The summed E-state index contributed by atoms with van der Waals surface area (Å²) in [6.07, 6.45) is 0. The van der Waals surface area contributed by atoms with Gasteiger partial charge in [-0.3, -0.25) is 9.69 Å². The van der Waals surface area contributed by atoms with Crippen molar-refractivity contribution < 1.29 is 18.0 Å². The van der Waals surface area contributed by atoms with Crippen LogP contribution in [0.1, 0.15) is 21.5 Å². The molecule has 0 radical (unpaired) electrons. The Hall–Kier alpha value is -2.34. The molecule has 2 aromatic rings. The molecule has 1 aliphatic heterocycles. The van der Waals surface area contributed by atoms with Crippen LogP contribution in [0.25, 0.3) is 0 Å². The number of hydrogen-bond donors (Lipinski definition) is 0. The molecule has 0 aromatic heterocycles. The number of nitrogens with zero attached hydrogens (tertiary/aromatic N) is 2. The average molecular weight is 348 g/mol. The van der Waals surface area contributed by atoms with Crippen molar-refractivity contribution >= 4 is 5.91 Å². The molecule has 0 unspecified atom stereocenters. The van der Waals surface area contributed by atoms with Crippen molar-refractivity contribution in [3.05, 3.63) is 70.5 Å². The molecule has 25 heavy (non-hydrogen) atoms. The second-order valence-electron chi connectivity index (χ2n) is 6.28. The van der Waals surface area contributed by atoms with Crippen LogP contribution in [0.15, 0.2) is 36.4 Å². The van der Waals surface area contributed by atoms with Crippen molar-refractivity contribution in [1.29, 1.82) is 0 Å². The lowest BCUT2D eigenvalue weighted by Gasteiger charge is -2.34. The molecule has 6 heteroatoms. The Morgan fingerprint density at radius 3 is 2.20 bits per heavy atom. The summed E-state index contributed by atoms with van der Waals surface area (Å²) in [5.74, 6) is -4.93. The van der Waals surface area contributed by atoms with Gasteiger partial charge in [0, 0.05) is 32.7 Å². The van der Waals surface area contributed by atoms with E-state index in [1.54, 1.807) is 0 Å². The first-order chi connectivity index (χ1) is 12.0. The predicted octanol–water partition coefficient (Wildman–Crippen LogP) is 3.37. The Morgan fingerprint density at radius 2 is 1.56 bits per heavy atom. The number of piperazine rings is 1. The van der Waals surface area contributed by atoms with Crippen molar-refractivity contribution in [1.82, 2.24) is 9.80 Å². The number of benzene rings is 2. The molecule has 2 aromatic carbocycles. The predicted molar refractivity (Wildman–Crippen MR) is 88.7 cm³/mol. The van der Waals surface area contributed by atoms with E-state index in [9.17, 15) is 18.0 Å². The zero-order valence-electron chi connectivity index (χ0n) is 13.9. The maximum Gasteiger partial charge on any atom is 0.257 e. The third-order valence-electron chi connectivity index (χ3n) is 4.45. The molecule has 1 amide bonds. The topological polar surface area (TPSA) is 23.6 Å². The SMILES string of the molecule is Cc1ccc(CN2CCN(C(=O)c3ccc(F)c(F)c3F)CC2)cc1. The van der Waals surface area contributed by atoms with E-state index in [1.165, 1.54) is 16.0 Å². The van der Waals surface area contributed by atoms with Gasteiger partial charge in [0.1, 0.15) is 0 Å². The first kappa shape index (κ1) is 17.5. The van der Waals surface area contributed by atoms with Crippen LogP contribution >= 0.6 is 0 Å². The third kappa shape index (κ3) is 3.85. The zero-order valence-corrected chi connectivity index (χ0v) is 13.9. The first-order valence-corrected chi connectivity index (χ1v) is 8.16. The Morgan fingerprint density at radius 1 is 0.920 bits per heavy atom. The lowest BCUT2D eigenvalue weighted by Crippen LogP contribution is -2.48. The van der Waals surface area contributed by atoms with Crippen LogP contribution in [0.5, 0.6) is 0 Å². The molecular weight excluding hydrogens is 329 g/mol. The number of halogens is 3. The molecule has 1 fully saturated rings. The molecule has 0 N–H and O–H groups in total. The van der Waals surface area contributed by atoms with E-state index in [-0.39, 0.29) is 0 Å². The van der Waals surface area contributed by atoms with Crippen LogP contribution in [-0.4, -0.2) is 41.9 Å². The molecule has 3 nitrogen and oxygen atoms in total. The van der Waals surface area contributed by atoms with Crippen LogP contribution < -0.4 is 0 Å². The average Bonchev–Trinajstić information content (AvgIpc) is 2.62. The van der Waals surface area contributed by atoms with E-state index in [1.807, 2.05) is 6.92 Å². The van der Waals surface area contributed by atoms with Crippen LogP contribution in [0.3, 0.4) is 0 Å². The number of carbonyl (C=O) groups is 1. The van der Waals surface area contributed by atoms with Crippen LogP contribution in [-0.2, 0) is 6.54 Å². The van der Waals surface area contributed by atoms with Crippen molar-refractivity contribution in [2.75, 3.05) is 26.2 Å². The van der Waals surface area contributed by atoms with Gasteiger partial charge in [-0.05, 0) is 24.6 Å². The minimum atomic E-state index is -1.61. The summed E-state index contributed by atoms with van der Waals surface area (Å²) in [5, 5.41) is 0. The van der Waals surface area contributed by atoms with E-state index in [4.69, 9.17) is 0 Å². The molecule has 1 saturated heterocycles. The molecule has 132 valence electrons. The van der Waals surface area contributed by atoms with Gasteiger partial charge >= 0.3 is 0 Å². The highest BCUT2D eigenvalue weighted by Crippen LogP contribution is 2.18. The molecule has 0 atom stereocenters. The van der Waals surface area contributed by atoms with Crippen LogP contribution in [0.2, 0.25) is 0 Å². The van der Waals surface area contributed by atoms with Crippen molar-refractivity contribution in [2.45, 2.75) is 13.5 Å². The van der Waals surface area contributed by atoms with Gasteiger partial charge < -0.3 is 4.90 Å². The van der Waals surface area contributed by atoms with Gasteiger partial charge in [-0.2, -0.15) is 0 Å². The Kier molecular flexibility index (Phi) is 5.08. The van der Waals surface area contributed by atoms with Gasteiger partial charge in [0.25, 0.3) is 5.91 Å². The van der Waals surface area contributed by atoms with E-state index >= 15 is 0 Å². The summed E-state index contributed by atoms with van der Waals surface area (Å²) in [6, 6.07) is 10.0. The largest absolute Gasteiger partial charge is 0.336 e. The standard InChI is InChI=1S/C19H19F3N2O/c1-13-2-4-14(5-3-13)12-23-8-10-24(11-9-23)19(25)15-6-7-16(20)18(22)17(15)21/h2-7H,8-12H2,1H3. The summed E-state index contributed by atoms with van der Waals surface area (Å²) in [4.78, 5) is 16.0. The highest BCUT2D eigenvalue weighted by atomic mass is 19.2. The van der Waals surface area contributed by atoms with Crippen LogP contribution in [0, 0.1) is 24.4 Å². The van der Waals surface area contributed by atoms with Crippen LogP contribution in [0.4, 0.5) is 13.2 Å². The van der Waals surface area contributed by atoms with E-state index in [2.05, 4.69) is 29.2 Å². The van der Waals surface area contributed by atoms with Gasteiger partial charge in [0.15, 0.2) is 17.5 Å². The maximum absolute atomic E-state index is 13.8. The van der Waals surface area contributed by atoms with Crippen molar-refractivity contribution in [2.24, 2.45) is 0 Å². The molecule has 0 bridgehead atoms. The highest BCUT2D eigenvalue weighted by Gasteiger charge is 2.26. The summed E-state index contributed by atoms with van der Waals surface area (Å²) in [7, 11) is 0. The number of aryl methyl sites for hydroxylation is 1. The van der Waals surface area contributed by atoms with Gasteiger partial charge in [-0.1, -0.05) is 29.8 Å². The van der Waals surface area contributed by atoms with E-state index < -0.39 is 28.9 Å². The summed E-state index contributed by atoms with van der Waals surface area (Å²) in [5.41, 5.74) is 1.97.